The molecule has 6 N–H and O–H groups in total. The number of Topliss-reactive ketones (excluding diaryl/α,β-unsaturated/α-hetero) is 2. The summed E-state index contributed by atoms with van der Waals surface area (Å²) in [7, 11) is 3.12. The predicted molar refractivity (Wildman–Crippen MR) is 104 cm³/mol. The average molecular weight is 414 g/mol. The molecule has 4 rings (SSSR count). The molecule has 4 atom stereocenters. The maximum absolute atomic E-state index is 13.5. The lowest BCUT2D eigenvalue weighted by Crippen LogP contribution is -2.65. The molecule has 158 valence electrons. The maximum atomic E-state index is 13.5. The van der Waals surface area contributed by atoms with Gasteiger partial charge in [-0.25, -0.2) is 0 Å². The molecule has 0 radical (unpaired) electrons. The van der Waals surface area contributed by atoms with Crippen molar-refractivity contribution in [1.29, 1.82) is 0 Å². The highest BCUT2D eigenvalue weighted by Crippen LogP contribution is 2.52. The third-order valence-electron chi connectivity index (χ3n) is 6.46. The average Bonchev–Trinajstić information content (AvgIpc) is 2.64. The fourth-order valence-electron chi connectivity index (χ4n) is 5.18. The SMILES string of the molecule is CN(C)[C@@H]1C(=O)C(C(N)=O)=C(O)[C@]2(O)C(=O)C3=C(O)c4c(O)cccc4C[C@H]3C[C@H]12. The highest BCUT2D eigenvalue weighted by molar-refractivity contribution is 6.24. The highest BCUT2D eigenvalue weighted by atomic mass is 16.3. The number of amides is 1. The number of rotatable bonds is 2. The number of aromatic hydroxyl groups is 1. The summed E-state index contributed by atoms with van der Waals surface area (Å²) < 4.78 is 0. The molecular weight excluding hydrogens is 392 g/mol. The first-order valence-electron chi connectivity index (χ1n) is 9.47. The molecule has 30 heavy (non-hydrogen) atoms. The van der Waals surface area contributed by atoms with Crippen molar-refractivity contribution in [2.24, 2.45) is 17.6 Å². The van der Waals surface area contributed by atoms with Gasteiger partial charge in [-0.2, -0.15) is 0 Å². The van der Waals surface area contributed by atoms with E-state index in [1.54, 1.807) is 26.2 Å². The normalized spacial score (nSPS) is 30.9. The quantitative estimate of drug-likeness (QED) is 0.421. The zero-order valence-corrected chi connectivity index (χ0v) is 16.4. The van der Waals surface area contributed by atoms with E-state index in [1.807, 2.05) is 0 Å². The molecule has 1 aromatic rings. The molecule has 1 amide bonds. The molecule has 0 saturated heterocycles. The Kier molecular flexibility index (Phi) is 4.30. The van der Waals surface area contributed by atoms with Gasteiger partial charge < -0.3 is 26.2 Å². The van der Waals surface area contributed by atoms with Crippen LogP contribution in [-0.4, -0.2) is 68.5 Å². The summed E-state index contributed by atoms with van der Waals surface area (Å²) >= 11 is 0. The number of carbonyl (C=O) groups excluding carboxylic acids is 3. The first-order valence-corrected chi connectivity index (χ1v) is 9.47. The number of aliphatic hydroxyl groups is 3. The highest BCUT2D eigenvalue weighted by Gasteiger charge is 2.64. The fourth-order valence-corrected chi connectivity index (χ4v) is 5.18. The number of benzene rings is 1. The molecule has 1 saturated carbocycles. The molecule has 0 heterocycles. The number of carbonyl (C=O) groups is 3. The van der Waals surface area contributed by atoms with Crippen LogP contribution in [0.4, 0.5) is 0 Å². The number of nitrogens with two attached hydrogens (primary N) is 1. The van der Waals surface area contributed by atoms with Crippen LogP contribution >= 0.6 is 0 Å². The minimum absolute atomic E-state index is 0.0847. The Morgan fingerprint density at radius 1 is 1.20 bits per heavy atom. The second-order valence-corrected chi connectivity index (χ2v) is 8.27. The number of hydrogen-bond donors (Lipinski definition) is 5. The third kappa shape index (κ3) is 2.39. The minimum Gasteiger partial charge on any atom is -0.508 e. The van der Waals surface area contributed by atoms with Crippen molar-refractivity contribution in [3.05, 3.63) is 46.2 Å². The van der Waals surface area contributed by atoms with E-state index in [0.29, 0.717) is 12.0 Å². The molecule has 0 unspecified atom stereocenters. The lowest BCUT2D eigenvalue weighted by atomic mass is 9.57. The summed E-state index contributed by atoms with van der Waals surface area (Å²) in [4.78, 5) is 39.7. The number of phenols is 1. The zero-order chi connectivity index (χ0) is 22.1. The largest absolute Gasteiger partial charge is 0.508 e. The van der Waals surface area contributed by atoms with Crippen molar-refractivity contribution in [2.75, 3.05) is 14.1 Å². The van der Waals surface area contributed by atoms with Gasteiger partial charge >= 0.3 is 0 Å². The van der Waals surface area contributed by atoms with Gasteiger partial charge in [0.25, 0.3) is 5.91 Å². The van der Waals surface area contributed by atoms with Crippen molar-refractivity contribution in [1.82, 2.24) is 4.90 Å². The number of ketones is 2. The molecule has 9 nitrogen and oxygen atoms in total. The van der Waals surface area contributed by atoms with E-state index in [0.717, 1.165) is 0 Å². The lowest BCUT2D eigenvalue weighted by Gasteiger charge is -2.50. The number of phenolic OH excluding ortho intramolecular Hbond substituents is 1. The van der Waals surface area contributed by atoms with Gasteiger partial charge in [0.15, 0.2) is 11.4 Å². The van der Waals surface area contributed by atoms with E-state index in [9.17, 15) is 34.8 Å². The number of likely N-dealkylation sites (N-methyl/N-ethyl adjacent to an activating group) is 1. The first-order chi connectivity index (χ1) is 14.0. The molecule has 0 spiro atoms. The monoisotopic (exact) mass is 414 g/mol. The summed E-state index contributed by atoms with van der Waals surface area (Å²) in [5.74, 6) is -6.43. The summed E-state index contributed by atoms with van der Waals surface area (Å²) in [6, 6.07) is 3.62. The molecule has 0 aromatic heterocycles. The Labute approximate surface area is 171 Å². The Morgan fingerprint density at radius 3 is 2.47 bits per heavy atom. The Balaban J connectivity index is 1.98. The van der Waals surface area contributed by atoms with Gasteiger partial charge in [-0.05, 0) is 44.5 Å². The van der Waals surface area contributed by atoms with Crippen LogP contribution in [0.1, 0.15) is 17.5 Å². The van der Waals surface area contributed by atoms with Crippen LogP contribution in [0.3, 0.4) is 0 Å². The number of aliphatic hydroxyl groups excluding tert-OH is 2. The van der Waals surface area contributed by atoms with Crippen LogP contribution in [0.25, 0.3) is 5.76 Å². The standard InChI is InChI=1S/C21H22N2O7/c1-23(2)15-10-7-9-6-8-4-3-5-11(24)12(8)16(25)13(9)18(27)21(10,30)19(28)14(17(15)26)20(22)29/h3-5,9-10,15,24-25,28,30H,6-7H2,1-2H3,(H2,22,29)/t9-,10+,15-,21+/m0/s1. The summed E-state index contributed by atoms with van der Waals surface area (Å²) in [5, 5.41) is 43.1. The van der Waals surface area contributed by atoms with Gasteiger partial charge in [0, 0.05) is 11.5 Å². The van der Waals surface area contributed by atoms with Gasteiger partial charge in [0.1, 0.15) is 22.8 Å². The Hall–Kier alpha value is -3.17. The number of nitrogens with zero attached hydrogens (tertiary/aromatic N) is 1. The first kappa shape index (κ1) is 20.1. The molecule has 3 aliphatic rings. The molecular formula is C21H22N2O7. The van der Waals surface area contributed by atoms with Gasteiger partial charge in [0.05, 0.1) is 11.6 Å². The van der Waals surface area contributed by atoms with E-state index < -0.39 is 58.0 Å². The van der Waals surface area contributed by atoms with E-state index in [1.165, 1.54) is 11.0 Å². The van der Waals surface area contributed by atoms with Crippen LogP contribution in [-0.2, 0) is 20.8 Å². The van der Waals surface area contributed by atoms with Crippen LogP contribution in [0, 0.1) is 11.8 Å². The maximum Gasteiger partial charge on any atom is 0.255 e. The van der Waals surface area contributed by atoms with Crippen molar-refractivity contribution in [2.45, 2.75) is 24.5 Å². The predicted octanol–water partition coefficient (Wildman–Crippen LogP) is -0.0360. The molecule has 0 bridgehead atoms. The van der Waals surface area contributed by atoms with Crippen molar-refractivity contribution in [3.8, 4) is 5.75 Å². The Bertz CT molecular complexity index is 1070. The third-order valence-corrected chi connectivity index (χ3v) is 6.46. The second kappa shape index (κ2) is 6.41. The van der Waals surface area contributed by atoms with E-state index in [-0.39, 0.29) is 23.3 Å². The van der Waals surface area contributed by atoms with Gasteiger partial charge in [-0.3, -0.25) is 19.3 Å². The fraction of sp³-hybridized carbons (Fsp3) is 0.381. The number of hydrogen-bond acceptors (Lipinski definition) is 8. The minimum atomic E-state index is -2.60. The number of fused-ring (bicyclic) bond motifs is 3. The van der Waals surface area contributed by atoms with Crippen LogP contribution in [0.5, 0.6) is 5.75 Å². The molecule has 3 aliphatic carbocycles. The summed E-state index contributed by atoms with van der Waals surface area (Å²) in [6.07, 6.45) is 0.379. The van der Waals surface area contributed by atoms with E-state index in [4.69, 9.17) is 5.73 Å². The van der Waals surface area contributed by atoms with Crippen molar-refractivity contribution in [3.63, 3.8) is 0 Å². The Morgan fingerprint density at radius 2 is 1.87 bits per heavy atom. The van der Waals surface area contributed by atoms with Crippen molar-refractivity contribution < 1.29 is 34.8 Å². The van der Waals surface area contributed by atoms with Gasteiger partial charge in [0.2, 0.25) is 5.78 Å². The zero-order valence-electron chi connectivity index (χ0n) is 16.4. The molecule has 9 heteroatoms. The summed E-state index contributed by atoms with van der Waals surface area (Å²) in [6.45, 7) is 0. The number of primary amides is 1. The smallest absolute Gasteiger partial charge is 0.255 e. The van der Waals surface area contributed by atoms with Gasteiger partial charge in [-0.1, -0.05) is 12.1 Å². The van der Waals surface area contributed by atoms with Gasteiger partial charge in [-0.15, -0.1) is 0 Å². The van der Waals surface area contributed by atoms with Crippen LogP contribution < -0.4 is 5.73 Å². The van der Waals surface area contributed by atoms with Crippen LogP contribution in [0.15, 0.2) is 35.1 Å². The van der Waals surface area contributed by atoms with E-state index in [2.05, 4.69) is 0 Å². The molecule has 0 aliphatic heterocycles. The molecule has 1 fully saturated rings. The lowest BCUT2D eigenvalue weighted by molar-refractivity contribution is -0.153. The van der Waals surface area contributed by atoms with Crippen LogP contribution in [0.2, 0.25) is 0 Å². The second-order valence-electron chi connectivity index (χ2n) is 8.27. The van der Waals surface area contributed by atoms with Crippen molar-refractivity contribution >= 4 is 23.2 Å². The van der Waals surface area contributed by atoms with E-state index >= 15 is 0 Å². The summed E-state index contributed by atoms with van der Waals surface area (Å²) in [5.41, 5.74) is 2.41. The molecule has 1 aromatic carbocycles. The topological polar surface area (TPSA) is 161 Å².